The van der Waals surface area contributed by atoms with Crippen molar-refractivity contribution >= 4 is 5.97 Å². The van der Waals surface area contributed by atoms with E-state index in [1.54, 1.807) is 0 Å². The minimum absolute atomic E-state index is 0.0792. The zero-order valence-electron chi connectivity index (χ0n) is 27.4. The Kier molecular flexibility index (Phi) is 26.3. The molecule has 38 heavy (non-hydrogen) atoms. The molecule has 228 valence electrons. The lowest BCUT2D eigenvalue weighted by molar-refractivity contribution is -0.177. The maximum atomic E-state index is 13.3. The number of unbranched alkanes of at least 4 members (excludes halogenated alkanes) is 18. The highest BCUT2D eigenvalue weighted by molar-refractivity contribution is 5.70. The minimum atomic E-state index is -0.275. The van der Waals surface area contributed by atoms with E-state index in [-0.39, 0.29) is 11.6 Å². The number of hydrogen-bond donors (Lipinski definition) is 0. The number of esters is 1. The van der Waals surface area contributed by atoms with Crippen LogP contribution in [-0.4, -0.2) is 11.6 Å². The summed E-state index contributed by atoms with van der Waals surface area (Å²) in [6, 6.07) is 0. The molecule has 2 atom stereocenters. The lowest BCUT2D eigenvalue weighted by atomic mass is 9.71. The van der Waals surface area contributed by atoms with Gasteiger partial charge in [-0.15, -0.1) is 0 Å². The van der Waals surface area contributed by atoms with Gasteiger partial charge in [-0.25, -0.2) is 0 Å². The van der Waals surface area contributed by atoms with Crippen LogP contribution in [0.5, 0.6) is 0 Å². The number of hydrogen-bond acceptors (Lipinski definition) is 2. The fourth-order valence-corrected chi connectivity index (χ4v) is 6.29. The van der Waals surface area contributed by atoms with Crippen LogP contribution in [0.3, 0.4) is 0 Å². The molecule has 0 N–H and O–H groups in total. The molecule has 0 saturated carbocycles. The van der Waals surface area contributed by atoms with Gasteiger partial charge in [0.05, 0.1) is 0 Å². The van der Waals surface area contributed by atoms with Gasteiger partial charge in [0.1, 0.15) is 5.60 Å². The van der Waals surface area contributed by atoms with E-state index in [2.05, 4.69) is 41.5 Å². The van der Waals surface area contributed by atoms with Crippen molar-refractivity contribution in [3.05, 3.63) is 0 Å². The number of ether oxygens (including phenoxy) is 1. The Morgan fingerprint density at radius 3 is 1.24 bits per heavy atom. The van der Waals surface area contributed by atoms with E-state index in [9.17, 15) is 4.79 Å². The monoisotopic (exact) mass is 537 g/mol. The summed E-state index contributed by atoms with van der Waals surface area (Å²) in [5.41, 5.74) is -0.275. The van der Waals surface area contributed by atoms with Crippen molar-refractivity contribution in [2.45, 2.75) is 214 Å². The summed E-state index contributed by atoms with van der Waals surface area (Å²) in [5, 5.41) is 0. The molecule has 2 heteroatoms. The largest absolute Gasteiger partial charge is 0.458 e. The molecule has 0 saturated heterocycles. The van der Waals surface area contributed by atoms with Gasteiger partial charge in [-0.05, 0) is 43.9 Å². The predicted molar refractivity (Wildman–Crippen MR) is 170 cm³/mol. The second-order valence-electron chi connectivity index (χ2n) is 12.7. The number of carbonyl (C=O) groups excluding carboxylic acids is 1. The molecule has 0 aromatic carbocycles. The molecule has 2 unspecified atom stereocenters. The predicted octanol–water partition coefficient (Wildman–Crippen LogP) is 12.8. The van der Waals surface area contributed by atoms with Gasteiger partial charge in [-0.1, -0.05) is 170 Å². The second-order valence-corrected chi connectivity index (χ2v) is 12.7. The Hall–Kier alpha value is -0.530. The van der Waals surface area contributed by atoms with E-state index < -0.39 is 0 Å². The highest BCUT2D eigenvalue weighted by Gasteiger charge is 2.43. The fourth-order valence-electron chi connectivity index (χ4n) is 6.29. The summed E-state index contributed by atoms with van der Waals surface area (Å²) in [6.45, 7) is 13.9. The van der Waals surface area contributed by atoms with Gasteiger partial charge in [-0.3, -0.25) is 4.79 Å². The van der Waals surface area contributed by atoms with Crippen molar-refractivity contribution in [1.82, 2.24) is 0 Å². The van der Waals surface area contributed by atoms with Crippen molar-refractivity contribution < 1.29 is 9.53 Å². The SMILES string of the molecule is CCCCCCCCCCCCCC(=O)OC(CCCCCCCCC)(C(C)CCCC)C(C)CCCC. The molecule has 0 heterocycles. The van der Waals surface area contributed by atoms with Crippen LogP contribution in [-0.2, 0) is 9.53 Å². The Bertz CT molecular complexity index is 486. The molecular weight excluding hydrogens is 464 g/mol. The van der Waals surface area contributed by atoms with Gasteiger partial charge in [0.15, 0.2) is 0 Å². The third kappa shape index (κ3) is 18.7. The van der Waals surface area contributed by atoms with E-state index in [0.717, 1.165) is 12.8 Å². The standard InChI is InChI=1S/C36H72O2/c1-7-11-15-17-19-20-21-22-23-25-27-31-35(37)38-36(33(5)29-13-9-3,34(6)30-14-10-4)32-28-26-24-18-16-12-8-2/h33-34H,7-32H2,1-6H3. The average Bonchev–Trinajstić information content (AvgIpc) is 2.92. The van der Waals surface area contributed by atoms with Crippen LogP contribution in [0.15, 0.2) is 0 Å². The van der Waals surface area contributed by atoms with E-state index in [4.69, 9.17) is 4.74 Å². The molecule has 0 aromatic heterocycles. The van der Waals surface area contributed by atoms with Gasteiger partial charge in [0.25, 0.3) is 0 Å². The maximum absolute atomic E-state index is 13.3. The molecule has 0 rings (SSSR count). The summed E-state index contributed by atoms with van der Waals surface area (Å²) in [6.07, 6.45) is 32.6. The Morgan fingerprint density at radius 1 is 0.500 bits per heavy atom. The van der Waals surface area contributed by atoms with Crippen molar-refractivity contribution in [2.75, 3.05) is 0 Å². The Labute approximate surface area is 241 Å². The third-order valence-electron chi connectivity index (χ3n) is 9.11. The number of carbonyl (C=O) groups is 1. The molecule has 0 aromatic rings. The van der Waals surface area contributed by atoms with Gasteiger partial charge in [0, 0.05) is 6.42 Å². The van der Waals surface area contributed by atoms with E-state index >= 15 is 0 Å². The van der Waals surface area contributed by atoms with E-state index in [0.29, 0.717) is 18.3 Å². The van der Waals surface area contributed by atoms with Crippen LogP contribution in [0.1, 0.15) is 208 Å². The molecule has 0 aliphatic carbocycles. The zero-order chi connectivity index (χ0) is 28.3. The smallest absolute Gasteiger partial charge is 0.306 e. The first-order chi connectivity index (χ1) is 18.5. The maximum Gasteiger partial charge on any atom is 0.306 e. The molecule has 0 radical (unpaired) electrons. The summed E-state index contributed by atoms with van der Waals surface area (Å²) in [4.78, 5) is 13.3. The molecular formula is C36H72O2. The first-order valence-electron chi connectivity index (χ1n) is 17.7. The number of rotatable bonds is 29. The van der Waals surface area contributed by atoms with Gasteiger partial charge in [-0.2, -0.15) is 0 Å². The molecule has 2 nitrogen and oxygen atoms in total. The minimum Gasteiger partial charge on any atom is -0.458 e. The molecule has 0 fully saturated rings. The van der Waals surface area contributed by atoms with Crippen molar-refractivity contribution in [2.24, 2.45) is 11.8 Å². The van der Waals surface area contributed by atoms with Crippen LogP contribution in [0, 0.1) is 11.8 Å². The van der Waals surface area contributed by atoms with Crippen molar-refractivity contribution in [3.8, 4) is 0 Å². The first-order valence-corrected chi connectivity index (χ1v) is 17.7. The Balaban J connectivity index is 4.83. The van der Waals surface area contributed by atoms with Gasteiger partial charge >= 0.3 is 5.97 Å². The van der Waals surface area contributed by atoms with Crippen LogP contribution in [0.2, 0.25) is 0 Å². The highest BCUT2D eigenvalue weighted by atomic mass is 16.6. The third-order valence-corrected chi connectivity index (χ3v) is 9.11. The van der Waals surface area contributed by atoms with Gasteiger partial charge < -0.3 is 4.74 Å². The second kappa shape index (κ2) is 26.7. The van der Waals surface area contributed by atoms with Crippen LogP contribution in [0.4, 0.5) is 0 Å². The molecule has 0 amide bonds. The summed E-state index contributed by atoms with van der Waals surface area (Å²) in [5.74, 6) is 0.960. The van der Waals surface area contributed by atoms with E-state index in [1.807, 2.05) is 0 Å². The molecule has 0 spiro atoms. The van der Waals surface area contributed by atoms with Crippen molar-refractivity contribution in [3.63, 3.8) is 0 Å². The lowest BCUT2D eigenvalue weighted by Gasteiger charge is -2.44. The average molecular weight is 537 g/mol. The quantitative estimate of drug-likeness (QED) is 0.0701. The molecule has 0 bridgehead atoms. The summed E-state index contributed by atoms with van der Waals surface area (Å²) in [7, 11) is 0. The summed E-state index contributed by atoms with van der Waals surface area (Å²) >= 11 is 0. The molecule has 0 aliphatic rings. The van der Waals surface area contributed by atoms with Crippen LogP contribution in [0.25, 0.3) is 0 Å². The lowest BCUT2D eigenvalue weighted by Crippen LogP contribution is -2.47. The van der Waals surface area contributed by atoms with Crippen molar-refractivity contribution in [1.29, 1.82) is 0 Å². The fraction of sp³-hybridized carbons (Fsp3) is 0.972. The highest BCUT2D eigenvalue weighted by Crippen LogP contribution is 2.41. The van der Waals surface area contributed by atoms with Gasteiger partial charge in [0.2, 0.25) is 0 Å². The zero-order valence-corrected chi connectivity index (χ0v) is 27.4. The van der Waals surface area contributed by atoms with E-state index in [1.165, 1.54) is 148 Å². The topological polar surface area (TPSA) is 26.3 Å². The molecule has 0 aliphatic heterocycles. The summed E-state index contributed by atoms with van der Waals surface area (Å²) < 4.78 is 6.65. The van der Waals surface area contributed by atoms with Crippen LogP contribution < -0.4 is 0 Å². The normalized spacial score (nSPS) is 14.8. The van der Waals surface area contributed by atoms with Crippen LogP contribution >= 0.6 is 0 Å². The first kappa shape index (κ1) is 37.5. The Morgan fingerprint density at radius 2 is 0.842 bits per heavy atom.